The number of hydrogen-bond donors (Lipinski definition) is 1. The minimum Gasteiger partial charge on any atom is -0.368 e. The van der Waals surface area contributed by atoms with E-state index in [-0.39, 0.29) is 0 Å². The third-order valence-electron chi connectivity index (χ3n) is 2.70. The van der Waals surface area contributed by atoms with Gasteiger partial charge < -0.3 is 5.73 Å². The number of anilines is 1. The van der Waals surface area contributed by atoms with Crippen LogP contribution in [0.4, 0.5) is 5.95 Å². The van der Waals surface area contributed by atoms with E-state index >= 15 is 0 Å². The Kier molecular flexibility index (Phi) is 3.89. The highest BCUT2D eigenvalue weighted by Gasteiger charge is 2.10. The van der Waals surface area contributed by atoms with Crippen LogP contribution in [-0.4, -0.2) is 15.7 Å². The van der Waals surface area contributed by atoms with Crippen LogP contribution in [0.3, 0.4) is 0 Å². The van der Waals surface area contributed by atoms with E-state index in [0.717, 1.165) is 21.0 Å². The Bertz CT molecular complexity index is 522. The van der Waals surface area contributed by atoms with Gasteiger partial charge in [0.2, 0.25) is 5.95 Å². The standard InChI is InChI=1S/C12H17N3S2/c1-4-7(2)6-16-10-9-5-8(3)17-11(9)15-12(13)14-10/h5,7H,4,6H2,1-3H3,(H2,13,14,15). The number of nitrogens with two attached hydrogens (primary N) is 1. The van der Waals surface area contributed by atoms with Gasteiger partial charge in [0.25, 0.3) is 0 Å². The summed E-state index contributed by atoms with van der Waals surface area (Å²) < 4.78 is 0. The first-order valence-electron chi connectivity index (χ1n) is 5.76. The highest BCUT2D eigenvalue weighted by Crippen LogP contribution is 2.32. The Morgan fingerprint density at radius 1 is 1.47 bits per heavy atom. The SMILES string of the molecule is CCC(C)CSc1nc(N)nc2sc(C)cc12. The number of nitrogen functional groups attached to an aromatic ring is 1. The first-order chi connectivity index (χ1) is 8.10. The summed E-state index contributed by atoms with van der Waals surface area (Å²) in [6.45, 7) is 6.56. The molecule has 0 bridgehead atoms. The van der Waals surface area contributed by atoms with Crippen LogP contribution in [0.15, 0.2) is 11.1 Å². The normalized spacial score (nSPS) is 13.1. The fourth-order valence-electron chi connectivity index (χ4n) is 1.48. The molecule has 0 amide bonds. The minimum atomic E-state index is 0.381. The molecule has 2 rings (SSSR count). The van der Waals surface area contributed by atoms with Crippen LogP contribution in [0, 0.1) is 12.8 Å². The van der Waals surface area contributed by atoms with Crippen molar-refractivity contribution in [3.05, 3.63) is 10.9 Å². The largest absolute Gasteiger partial charge is 0.368 e. The molecule has 0 radical (unpaired) electrons. The molecule has 2 N–H and O–H groups in total. The van der Waals surface area contributed by atoms with E-state index in [2.05, 4.69) is 36.8 Å². The Hall–Kier alpha value is -0.810. The summed E-state index contributed by atoms with van der Waals surface area (Å²) in [7, 11) is 0. The zero-order valence-corrected chi connectivity index (χ0v) is 12.0. The third-order valence-corrected chi connectivity index (χ3v) is 4.96. The van der Waals surface area contributed by atoms with Gasteiger partial charge in [0.1, 0.15) is 9.86 Å². The van der Waals surface area contributed by atoms with E-state index < -0.39 is 0 Å². The van der Waals surface area contributed by atoms with E-state index in [1.54, 1.807) is 23.1 Å². The lowest BCUT2D eigenvalue weighted by atomic mass is 10.2. The maximum atomic E-state index is 5.74. The van der Waals surface area contributed by atoms with Crippen LogP contribution >= 0.6 is 23.1 Å². The molecule has 0 aromatic carbocycles. The van der Waals surface area contributed by atoms with Crippen LogP contribution in [-0.2, 0) is 0 Å². The molecule has 17 heavy (non-hydrogen) atoms. The molecule has 3 nitrogen and oxygen atoms in total. The maximum absolute atomic E-state index is 5.74. The van der Waals surface area contributed by atoms with Gasteiger partial charge in [0.05, 0.1) is 0 Å². The van der Waals surface area contributed by atoms with Crippen molar-refractivity contribution < 1.29 is 0 Å². The zero-order chi connectivity index (χ0) is 12.4. The molecule has 0 spiro atoms. The monoisotopic (exact) mass is 267 g/mol. The number of aromatic nitrogens is 2. The molecule has 5 heteroatoms. The highest BCUT2D eigenvalue weighted by molar-refractivity contribution is 7.99. The van der Waals surface area contributed by atoms with Gasteiger partial charge in [-0.3, -0.25) is 0 Å². The molecule has 2 aromatic rings. The number of aryl methyl sites for hydroxylation is 1. The molecule has 2 heterocycles. The molecule has 1 atom stereocenters. The molecule has 2 aromatic heterocycles. The van der Waals surface area contributed by atoms with Crippen molar-refractivity contribution in [3.8, 4) is 0 Å². The average Bonchev–Trinajstić information content (AvgIpc) is 2.65. The second kappa shape index (κ2) is 5.23. The smallest absolute Gasteiger partial charge is 0.222 e. The van der Waals surface area contributed by atoms with Crippen molar-refractivity contribution in [1.29, 1.82) is 0 Å². The van der Waals surface area contributed by atoms with Crippen molar-refractivity contribution >= 4 is 39.3 Å². The molecular weight excluding hydrogens is 250 g/mol. The van der Waals surface area contributed by atoms with E-state index in [9.17, 15) is 0 Å². The first-order valence-corrected chi connectivity index (χ1v) is 7.56. The number of rotatable bonds is 4. The predicted octanol–water partition coefficient (Wildman–Crippen LogP) is 3.72. The fourth-order valence-corrected chi connectivity index (χ4v) is 3.58. The van der Waals surface area contributed by atoms with Crippen molar-refractivity contribution in [2.24, 2.45) is 5.92 Å². The van der Waals surface area contributed by atoms with Crippen LogP contribution in [0.1, 0.15) is 25.1 Å². The van der Waals surface area contributed by atoms with Gasteiger partial charge in [-0.15, -0.1) is 23.1 Å². The molecule has 92 valence electrons. The number of thiophene rings is 1. The second-order valence-electron chi connectivity index (χ2n) is 4.29. The molecule has 1 unspecified atom stereocenters. The number of fused-ring (bicyclic) bond motifs is 1. The zero-order valence-electron chi connectivity index (χ0n) is 10.4. The Morgan fingerprint density at radius 2 is 2.24 bits per heavy atom. The fraction of sp³-hybridized carbons (Fsp3) is 0.500. The summed E-state index contributed by atoms with van der Waals surface area (Å²) in [5.74, 6) is 2.16. The Balaban J connectivity index is 2.31. The molecule has 0 aliphatic heterocycles. The summed E-state index contributed by atoms with van der Waals surface area (Å²) in [5.41, 5.74) is 5.74. The van der Waals surface area contributed by atoms with Gasteiger partial charge in [-0.1, -0.05) is 20.3 Å². The molecule has 0 aliphatic rings. The first kappa shape index (κ1) is 12.6. The Morgan fingerprint density at radius 3 is 2.94 bits per heavy atom. The van der Waals surface area contributed by atoms with Gasteiger partial charge in [-0.05, 0) is 18.9 Å². The van der Waals surface area contributed by atoms with Crippen molar-refractivity contribution in [1.82, 2.24) is 9.97 Å². The average molecular weight is 267 g/mol. The van der Waals surface area contributed by atoms with E-state index in [4.69, 9.17) is 5.73 Å². The van der Waals surface area contributed by atoms with Crippen LogP contribution in [0.5, 0.6) is 0 Å². The third kappa shape index (κ3) is 2.90. The summed E-state index contributed by atoms with van der Waals surface area (Å²) >= 11 is 3.46. The van der Waals surface area contributed by atoms with Gasteiger partial charge >= 0.3 is 0 Å². The summed E-state index contributed by atoms with van der Waals surface area (Å²) in [6.07, 6.45) is 1.19. The van der Waals surface area contributed by atoms with E-state index in [1.807, 2.05) is 0 Å². The van der Waals surface area contributed by atoms with Crippen LogP contribution in [0.2, 0.25) is 0 Å². The van der Waals surface area contributed by atoms with Gasteiger partial charge in [0, 0.05) is 16.0 Å². The lowest BCUT2D eigenvalue weighted by molar-refractivity contribution is 0.636. The second-order valence-corrected chi connectivity index (χ2v) is 6.53. The van der Waals surface area contributed by atoms with Crippen LogP contribution < -0.4 is 5.73 Å². The minimum absolute atomic E-state index is 0.381. The summed E-state index contributed by atoms with van der Waals surface area (Å²) in [6, 6.07) is 2.15. The lowest BCUT2D eigenvalue weighted by Crippen LogP contribution is -1.99. The predicted molar refractivity (Wildman–Crippen MR) is 76.7 cm³/mol. The summed E-state index contributed by atoms with van der Waals surface area (Å²) in [5, 5.41) is 2.17. The van der Waals surface area contributed by atoms with E-state index in [0.29, 0.717) is 11.9 Å². The topological polar surface area (TPSA) is 51.8 Å². The van der Waals surface area contributed by atoms with Crippen LogP contribution in [0.25, 0.3) is 10.2 Å². The number of hydrogen-bond acceptors (Lipinski definition) is 5. The van der Waals surface area contributed by atoms with Gasteiger partial charge in [-0.25, -0.2) is 9.97 Å². The Labute approximate surface area is 110 Å². The number of nitrogens with zero attached hydrogens (tertiary/aromatic N) is 2. The molecule has 0 saturated heterocycles. The lowest BCUT2D eigenvalue weighted by Gasteiger charge is -2.08. The van der Waals surface area contributed by atoms with Crippen molar-refractivity contribution in [3.63, 3.8) is 0 Å². The number of thioether (sulfide) groups is 1. The molecule has 0 saturated carbocycles. The van der Waals surface area contributed by atoms with Gasteiger partial charge in [0.15, 0.2) is 0 Å². The van der Waals surface area contributed by atoms with Crippen molar-refractivity contribution in [2.45, 2.75) is 32.2 Å². The van der Waals surface area contributed by atoms with Crippen molar-refractivity contribution in [2.75, 3.05) is 11.5 Å². The van der Waals surface area contributed by atoms with Gasteiger partial charge in [-0.2, -0.15) is 0 Å². The maximum Gasteiger partial charge on any atom is 0.222 e. The highest BCUT2D eigenvalue weighted by atomic mass is 32.2. The van der Waals surface area contributed by atoms with E-state index in [1.165, 1.54) is 11.3 Å². The molecular formula is C12H17N3S2. The molecule has 0 aliphatic carbocycles. The quantitative estimate of drug-likeness (QED) is 0.677. The molecule has 0 fully saturated rings. The summed E-state index contributed by atoms with van der Waals surface area (Å²) in [4.78, 5) is 10.9.